The number of rotatable bonds is 4. The van der Waals surface area contributed by atoms with Crippen LogP contribution in [0.4, 0.5) is 0 Å². The smallest absolute Gasteiger partial charge is 0.340 e. The van der Waals surface area contributed by atoms with Gasteiger partial charge in [-0.2, -0.15) is 0 Å². The van der Waals surface area contributed by atoms with Gasteiger partial charge in [-0.15, -0.1) is 0 Å². The summed E-state index contributed by atoms with van der Waals surface area (Å²) in [6, 6.07) is 5.59. The highest BCUT2D eigenvalue weighted by Gasteiger charge is 2.46. The monoisotopic (exact) mass is 250 g/mol. The fourth-order valence-electron chi connectivity index (χ4n) is 2.38. The summed E-state index contributed by atoms with van der Waals surface area (Å²) in [7, 11) is 0. The number of hydrogen-bond donors (Lipinski definition) is 1. The second-order valence-corrected chi connectivity index (χ2v) is 4.52. The van der Waals surface area contributed by atoms with Crippen LogP contribution in [0.3, 0.4) is 0 Å². The van der Waals surface area contributed by atoms with Crippen LogP contribution in [0.2, 0.25) is 0 Å². The van der Waals surface area contributed by atoms with Gasteiger partial charge in [-0.1, -0.05) is 11.6 Å². The molecule has 4 nitrogen and oxygen atoms in total. The molecule has 0 amide bonds. The number of aryl methyl sites for hydroxylation is 1. The van der Waals surface area contributed by atoms with Crippen LogP contribution >= 0.6 is 0 Å². The lowest BCUT2D eigenvalue weighted by molar-refractivity contribution is -0.161. The minimum atomic E-state index is -1.24. The van der Waals surface area contributed by atoms with E-state index in [0.717, 1.165) is 12.0 Å². The van der Waals surface area contributed by atoms with Crippen LogP contribution in [0, 0.1) is 6.92 Å². The highest BCUT2D eigenvalue weighted by molar-refractivity contribution is 5.81. The first-order valence-corrected chi connectivity index (χ1v) is 6.21. The summed E-state index contributed by atoms with van der Waals surface area (Å²) in [5.74, 6) is -0.334. The fourth-order valence-corrected chi connectivity index (χ4v) is 2.38. The average Bonchev–Trinajstić information content (AvgIpc) is 2.82. The predicted molar refractivity (Wildman–Crippen MR) is 66.8 cm³/mol. The van der Waals surface area contributed by atoms with Gasteiger partial charge in [0.1, 0.15) is 5.75 Å². The molecule has 0 aliphatic carbocycles. The Morgan fingerprint density at radius 2 is 2.33 bits per heavy atom. The number of carboxylic acid groups (broad SMARTS) is 1. The normalized spacial score (nSPS) is 23.0. The third-order valence-electron chi connectivity index (χ3n) is 3.24. The molecule has 1 aliphatic rings. The van der Waals surface area contributed by atoms with Gasteiger partial charge in [0.05, 0.1) is 6.61 Å². The van der Waals surface area contributed by atoms with Crippen LogP contribution in [0.1, 0.15) is 30.9 Å². The minimum Gasteiger partial charge on any atom is -0.493 e. The Morgan fingerprint density at radius 3 is 2.89 bits per heavy atom. The molecule has 0 unspecified atom stereocenters. The van der Waals surface area contributed by atoms with Gasteiger partial charge in [0.15, 0.2) is 5.60 Å². The summed E-state index contributed by atoms with van der Waals surface area (Å²) >= 11 is 0. The average molecular weight is 250 g/mol. The van der Waals surface area contributed by atoms with Crippen LogP contribution in [0.25, 0.3) is 0 Å². The molecular formula is C14H18O4. The van der Waals surface area contributed by atoms with Gasteiger partial charge in [-0.05, 0) is 38.8 Å². The van der Waals surface area contributed by atoms with Crippen molar-refractivity contribution in [3.8, 4) is 5.75 Å². The van der Waals surface area contributed by atoms with Gasteiger partial charge in [-0.25, -0.2) is 4.79 Å². The van der Waals surface area contributed by atoms with Crippen molar-refractivity contribution in [1.82, 2.24) is 0 Å². The lowest BCUT2D eigenvalue weighted by atomic mass is 9.89. The molecule has 1 aliphatic heterocycles. The fraction of sp³-hybridized carbons (Fsp3) is 0.500. The van der Waals surface area contributed by atoms with Crippen molar-refractivity contribution in [2.24, 2.45) is 0 Å². The standard InChI is InChI=1S/C14H18O4/c1-3-17-12-6-5-10(2)9-11(12)14(13(15)16)7-4-8-18-14/h5-6,9H,3-4,7-8H2,1-2H3,(H,15,16)/t14-/m0/s1. The summed E-state index contributed by atoms with van der Waals surface area (Å²) in [4.78, 5) is 11.6. The maximum Gasteiger partial charge on any atom is 0.340 e. The molecule has 0 radical (unpaired) electrons. The second kappa shape index (κ2) is 4.98. The molecule has 1 saturated heterocycles. The third-order valence-corrected chi connectivity index (χ3v) is 3.24. The first kappa shape index (κ1) is 12.9. The SMILES string of the molecule is CCOc1ccc(C)cc1[C@]1(C(=O)O)CCCO1. The van der Waals surface area contributed by atoms with E-state index in [2.05, 4.69) is 0 Å². The summed E-state index contributed by atoms with van der Waals surface area (Å²) in [5, 5.41) is 9.52. The van der Waals surface area contributed by atoms with Crippen molar-refractivity contribution in [1.29, 1.82) is 0 Å². The number of carboxylic acids is 1. The van der Waals surface area contributed by atoms with Crippen LogP contribution in [-0.4, -0.2) is 24.3 Å². The first-order valence-electron chi connectivity index (χ1n) is 6.21. The third kappa shape index (κ3) is 2.08. The van der Waals surface area contributed by atoms with Gasteiger partial charge in [0.25, 0.3) is 0 Å². The van der Waals surface area contributed by atoms with Gasteiger partial charge in [0.2, 0.25) is 0 Å². The zero-order chi connectivity index (χ0) is 13.2. The molecule has 1 aromatic rings. The highest BCUT2D eigenvalue weighted by atomic mass is 16.5. The molecule has 0 spiro atoms. The Balaban J connectivity index is 2.52. The molecule has 98 valence electrons. The lowest BCUT2D eigenvalue weighted by Crippen LogP contribution is -2.35. The molecule has 0 bridgehead atoms. The number of ether oxygens (including phenoxy) is 2. The summed E-state index contributed by atoms with van der Waals surface area (Å²) in [6.45, 7) is 4.80. The molecule has 1 heterocycles. The Hall–Kier alpha value is -1.55. The summed E-state index contributed by atoms with van der Waals surface area (Å²) in [5.41, 5.74) is 0.398. The van der Waals surface area contributed by atoms with Gasteiger partial charge in [-0.3, -0.25) is 0 Å². The second-order valence-electron chi connectivity index (χ2n) is 4.52. The van der Waals surface area contributed by atoms with Crippen LogP contribution in [0.15, 0.2) is 18.2 Å². The Labute approximate surface area is 107 Å². The number of aliphatic carboxylic acids is 1. The maximum atomic E-state index is 11.6. The number of hydrogen-bond acceptors (Lipinski definition) is 3. The topological polar surface area (TPSA) is 55.8 Å². The van der Waals surface area contributed by atoms with E-state index in [1.54, 1.807) is 0 Å². The minimum absolute atomic E-state index is 0.478. The van der Waals surface area contributed by atoms with Gasteiger partial charge < -0.3 is 14.6 Å². The van der Waals surface area contributed by atoms with E-state index in [4.69, 9.17) is 9.47 Å². The summed E-state index contributed by atoms with van der Waals surface area (Å²) < 4.78 is 11.1. The quantitative estimate of drug-likeness (QED) is 0.892. The number of carbonyl (C=O) groups is 1. The van der Waals surface area contributed by atoms with Gasteiger partial charge >= 0.3 is 5.97 Å². The van der Waals surface area contributed by atoms with Crippen molar-refractivity contribution >= 4 is 5.97 Å². The zero-order valence-electron chi connectivity index (χ0n) is 10.7. The Kier molecular flexibility index (Phi) is 3.57. The lowest BCUT2D eigenvalue weighted by Gasteiger charge is -2.26. The molecule has 1 aromatic carbocycles. The van der Waals surface area contributed by atoms with Crippen molar-refractivity contribution in [2.45, 2.75) is 32.3 Å². The van der Waals surface area contributed by atoms with E-state index in [9.17, 15) is 9.90 Å². The van der Waals surface area contributed by atoms with Crippen molar-refractivity contribution in [3.05, 3.63) is 29.3 Å². The molecular weight excluding hydrogens is 232 g/mol. The van der Waals surface area contributed by atoms with Crippen LogP contribution in [0.5, 0.6) is 5.75 Å². The predicted octanol–water partition coefficient (Wildman–Crippen LogP) is 2.48. The molecule has 1 N–H and O–H groups in total. The number of benzene rings is 1. The highest BCUT2D eigenvalue weighted by Crippen LogP contribution is 2.41. The van der Waals surface area contributed by atoms with E-state index < -0.39 is 11.6 Å². The largest absolute Gasteiger partial charge is 0.493 e. The van der Waals surface area contributed by atoms with E-state index >= 15 is 0 Å². The van der Waals surface area contributed by atoms with Crippen molar-refractivity contribution < 1.29 is 19.4 Å². The van der Waals surface area contributed by atoms with Crippen molar-refractivity contribution in [2.75, 3.05) is 13.2 Å². The molecule has 1 atom stereocenters. The Bertz CT molecular complexity index is 447. The molecule has 18 heavy (non-hydrogen) atoms. The Morgan fingerprint density at radius 1 is 1.56 bits per heavy atom. The summed E-state index contributed by atoms with van der Waals surface area (Å²) in [6.07, 6.45) is 1.25. The zero-order valence-corrected chi connectivity index (χ0v) is 10.7. The molecule has 4 heteroatoms. The molecule has 1 fully saturated rings. The van der Waals surface area contributed by atoms with Gasteiger partial charge in [0, 0.05) is 12.2 Å². The van der Waals surface area contributed by atoms with E-state index in [1.165, 1.54) is 0 Å². The van der Waals surface area contributed by atoms with Crippen LogP contribution in [-0.2, 0) is 15.1 Å². The van der Waals surface area contributed by atoms with Crippen molar-refractivity contribution in [3.63, 3.8) is 0 Å². The molecule has 2 rings (SSSR count). The first-order chi connectivity index (χ1) is 8.60. The van der Waals surface area contributed by atoms with E-state index in [1.807, 2.05) is 32.0 Å². The van der Waals surface area contributed by atoms with E-state index in [-0.39, 0.29) is 0 Å². The molecule has 0 saturated carbocycles. The molecule has 0 aromatic heterocycles. The van der Waals surface area contributed by atoms with E-state index in [0.29, 0.717) is 30.9 Å². The van der Waals surface area contributed by atoms with Crippen LogP contribution < -0.4 is 4.74 Å². The maximum absolute atomic E-state index is 11.6.